The molecule has 0 aliphatic rings. The van der Waals surface area contributed by atoms with Crippen molar-refractivity contribution in [2.75, 3.05) is 24.6 Å². The molecule has 0 aliphatic carbocycles. The van der Waals surface area contributed by atoms with E-state index < -0.39 is 0 Å². The van der Waals surface area contributed by atoms with Crippen LogP contribution in [0.5, 0.6) is 0 Å². The smallest absolute Gasteiger partial charge is 0.225 e. The van der Waals surface area contributed by atoms with E-state index in [2.05, 4.69) is 15.2 Å². The molecule has 21 heavy (non-hydrogen) atoms. The van der Waals surface area contributed by atoms with Gasteiger partial charge in [0, 0.05) is 37.1 Å². The molecule has 1 amide bonds. The Kier molecular flexibility index (Phi) is 5.29. The van der Waals surface area contributed by atoms with Crippen molar-refractivity contribution in [2.24, 2.45) is 0 Å². The Bertz CT molecular complexity index is 569. The largest absolute Gasteiger partial charge is 0.399 e. The van der Waals surface area contributed by atoms with Gasteiger partial charge in [-0.3, -0.25) is 9.78 Å². The number of nitrogens with one attached hydrogen (secondary N) is 1. The van der Waals surface area contributed by atoms with Crippen LogP contribution in [0.3, 0.4) is 0 Å². The van der Waals surface area contributed by atoms with E-state index >= 15 is 0 Å². The zero-order chi connectivity index (χ0) is 15.1. The Morgan fingerprint density at radius 2 is 2.00 bits per heavy atom. The number of carbonyl (C=O) groups is 1. The molecule has 0 atom stereocenters. The number of nitrogens with two attached hydrogens (primary N) is 1. The number of hydrogen-bond acceptors (Lipinski definition) is 4. The number of nitrogens with zero attached hydrogens (tertiary/aromatic N) is 2. The van der Waals surface area contributed by atoms with Crippen LogP contribution in [0, 0.1) is 0 Å². The van der Waals surface area contributed by atoms with E-state index in [1.165, 1.54) is 0 Å². The monoisotopic (exact) mass is 284 g/mol. The standard InChI is InChI=1S/C16H20N4O/c1-20(12-15-4-2-3-10-18-15)11-9-16(21)19-14-7-5-13(17)6-8-14/h2-8,10H,9,11-12,17H2,1H3,(H,19,21). The van der Waals surface area contributed by atoms with E-state index in [1.54, 1.807) is 30.5 Å². The van der Waals surface area contributed by atoms with E-state index in [1.807, 2.05) is 25.2 Å². The highest BCUT2D eigenvalue weighted by molar-refractivity contribution is 5.90. The second-order valence-corrected chi connectivity index (χ2v) is 4.98. The lowest BCUT2D eigenvalue weighted by molar-refractivity contribution is -0.116. The summed E-state index contributed by atoms with van der Waals surface area (Å²) in [6.07, 6.45) is 2.21. The van der Waals surface area contributed by atoms with Gasteiger partial charge in [0.25, 0.3) is 0 Å². The molecule has 0 saturated carbocycles. The van der Waals surface area contributed by atoms with Crippen molar-refractivity contribution in [1.29, 1.82) is 0 Å². The molecule has 1 aromatic heterocycles. The number of nitrogen functional groups attached to an aromatic ring is 1. The fourth-order valence-electron chi connectivity index (χ4n) is 1.93. The lowest BCUT2D eigenvalue weighted by atomic mass is 10.2. The summed E-state index contributed by atoms with van der Waals surface area (Å²) in [5.41, 5.74) is 8.05. The average Bonchev–Trinajstić information content (AvgIpc) is 2.49. The van der Waals surface area contributed by atoms with Crippen LogP contribution in [0.1, 0.15) is 12.1 Å². The molecule has 0 saturated heterocycles. The van der Waals surface area contributed by atoms with Crippen molar-refractivity contribution in [3.8, 4) is 0 Å². The van der Waals surface area contributed by atoms with Gasteiger partial charge in [-0.2, -0.15) is 0 Å². The van der Waals surface area contributed by atoms with E-state index in [9.17, 15) is 4.79 Å². The van der Waals surface area contributed by atoms with Gasteiger partial charge in [-0.05, 0) is 43.4 Å². The minimum Gasteiger partial charge on any atom is -0.399 e. The van der Waals surface area contributed by atoms with Gasteiger partial charge in [0.2, 0.25) is 5.91 Å². The van der Waals surface area contributed by atoms with Crippen molar-refractivity contribution < 1.29 is 4.79 Å². The number of hydrogen-bond donors (Lipinski definition) is 2. The summed E-state index contributed by atoms with van der Waals surface area (Å²) in [6.45, 7) is 1.41. The molecule has 3 N–H and O–H groups in total. The maximum Gasteiger partial charge on any atom is 0.225 e. The fourth-order valence-corrected chi connectivity index (χ4v) is 1.93. The van der Waals surface area contributed by atoms with Crippen LogP contribution in [0.25, 0.3) is 0 Å². The molecule has 5 nitrogen and oxygen atoms in total. The number of benzene rings is 1. The highest BCUT2D eigenvalue weighted by Crippen LogP contribution is 2.10. The van der Waals surface area contributed by atoms with Crippen molar-refractivity contribution >= 4 is 17.3 Å². The van der Waals surface area contributed by atoms with E-state index in [4.69, 9.17) is 5.73 Å². The Balaban J connectivity index is 1.74. The number of rotatable bonds is 6. The van der Waals surface area contributed by atoms with Crippen LogP contribution in [0.4, 0.5) is 11.4 Å². The van der Waals surface area contributed by atoms with Gasteiger partial charge in [0.1, 0.15) is 0 Å². The van der Waals surface area contributed by atoms with Gasteiger partial charge >= 0.3 is 0 Å². The molecule has 0 aliphatic heterocycles. The molecule has 0 fully saturated rings. The first-order valence-corrected chi connectivity index (χ1v) is 6.87. The van der Waals surface area contributed by atoms with Crippen LogP contribution in [-0.2, 0) is 11.3 Å². The third kappa shape index (κ3) is 5.24. The minimum atomic E-state index is -0.00681. The van der Waals surface area contributed by atoms with Gasteiger partial charge in [-0.25, -0.2) is 0 Å². The molecule has 0 unspecified atom stereocenters. The maximum absolute atomic E-state index is 11.9. The first kappa shape index (κ1) is 15.0. The normalized spacial score (nSPS) is 10.6. The summed E-state index contributed by atoms with van der Waals surface area (Å²) < 4.78 is 0. The predicted molar refractivity (Wildman–Crippen MR) is 84.7 cm³/mol. The third-order valence-corrected chi connectivity index (χ3v) is 3.07. The molecular weight excluding hydrogens is 264 g/mol. The lowest BCUT2D eigenvalue weighted by Crippen LogP contribution is -2.24. The third-order valence-electron chi connectivity index (χ3n) is 3.07. The second kappa shape index (κ2) is 7.40. The van der Waals surface area contributed by atoms with Crippen LogP contribution in [0.15, 0.2) is 48.7 Å². The molecule has 0 bridgehead atoms. The number of anilines is 2. The Morgan fingerprint density at radius 3 is 2.67 bits per heavy atom. The number of pyridine rings is 1. The maximum atomic E-state index is 11.9. The van der Waals surface area contributed by atoms with Gasteiger partial charge in [-0.1, -0.05) is 6.07 Å². The highest BCUT2D eigenvalue weighted by Gasteiger charge is 2.06. The number of aromatic nitrogens is 1. The van der Waals surface area contributed by atoms with Gasteiger partial charge < -0.3 is 16.0 Å². The molecule has 0 radical (unpaired) electrons. The zero-order valence-corrected chi connectivity index (χ0v) is 12.1. The fraction of sp³-hybridized carbons (Fsp3) is 0.250. The average molecular weight is 284 g/mol. The first-order valence-electron chi connectivity index (χ1n) is 6.87. The topological polar surface area (TPSA) is 71.2 Å². The molecule has 2 aromatic rings. The molecule has 1 heterocycles. The highest BCUT2D eigenvalue weighted by atomic mass is 16.1. The summed E-state index contributed by atoms with van der Waals surface area (Å²) in [5, 5.41) is 2.85. The van der Waals surface area contributed by atoms with Crippen LogP contribution < -0.4 is 11.1 Å². The van der Waals surface area contributed by atoms with E-state index in [0.717, 1.165) is 17.9 Å². The Labute approximate surface area is 124 Å². The van der Waals surface area contributed by atoms with Crippen molar-refractivity contribution in [1.82, 2.24) is 9.88 Å². The van der Waals surface area contributed by atoms with Crippen molar-refractivity contribution in [3.63, 3.8) is 0 Å². The number of carbonyl (C=O) groups excluding carboxylic acids is 1. The van der Waals surface area contributed by atoms with Crippen LogP contribution >= 0.6 is 0 Å². The number of amides is 1. The SMILES string of the molecule is CN(CCC(=O)Nc1ccc(N)cc1)Cc1ccccn1. The molecule has 2 rings (SSSR count). The van der Waals surface area contributed by atoms with Crippen LogP contribution in [0.2, 0.25) is 0 Å². The Morgan fingerprint density at radius 1 is 1.24 bits per heavy atom. The van der Waals surface area contributed by atoms with Gasteiger partial charge in [0.05, 0.1) is 5.69 Å². The predicted octanol–water partition coefficient (Wildman–Crippen LogP) is 2.12. The first-order chi connectivity index (χ1) is 10.1. The summed E-state index contributed by atoms with van der Waals surface area (Å²) >= 11 is 0. The lowest BCUT2D eigenvalue weighted by Gasteiger charge is -2.15. The van der Waals surface area contributed by atoms with Crippen molar-refractivity contribution in [3.05, 3.63) is 54.4 Å². The summed E-state index contributed by atoms with van der Waals surface area (Å²) in [7, 11) is 1.98. The van der Waals surface area contributed by atoms with Gasteiger partial charge in [0.15, 0.2) is 0 Å². The van der Waals surface area contributed by atoms with Gasteiger partial charge in [-0.15, -0.1) is 0 Å². The molecule has 5 heteroatoms. The zero-order valence-electron chi connectivity index (χ0n) is 12.1. The summed E-state index contributed by atoms with van der Waals surface area (Å²) in [6, 6.07) is 13.0. The second-order valence-electron chi connectivity index (χ2n) is 4.98. The molecular formula is C16H20N4O. The van der Waals surface area contributed by atoms with Crippen molar-refractivity contribution in [2.45, 2.75) is 13.0 Å². The van der Waals surface area contributed by atoms with E-state index in [0.29, 0.717) is 18.7 Å². The van der Waals surface area contributed by atoms with Crippen LogP contribution in [-0.4, -0.2) is 29.4 Å². The Hall–Kier alpha value is -2.40. The molecule has 0 spiro atoms. The van der Waals surface area contributed by atoms with E-state index in [-0.39, 0.29) is 5.91 Å². The molecule has 1 aromatic carbocycles. The summed E-state index contributed by atoms with van der Waals surface area (Å²) in [5.74, 6) is -0.00681. The minimum absolute atomic E-state index is 0.00681. The quantitative estimate of drug-likeness (QED) is 0.797. The summed E-state index contributed by atoms with van der Waals surface area (Å²) in [4.78, 5) is 18.2. The molecule has 110 valence electrons.